The molecule has 0 amide bonds. The number of benzene rings is 3. The molecular formula is C23H19F2N3OS. The van der Waals surface area contributed by atoms with Gasteiger partial charge in [0.2, 0.25) is 0 Å². The van der Waals surface area contributed by atoms with Crippen LogP contribution in [0.2, 0.25) is 0 Å². The fourth-order valence-electron chi connectivity index (χ4n) is 3.04. The molecule has 1 heterocycles. The molecule has 0 atom stereocenters. The molecule has 0 unspecified atom stereocenters. The molecule has 1 aromatic heterocycles. The minimum atomic E-state index is -0.856. The van der Waals surface area contributed by atoms with Crippen LogP contribution in [0.1, 0.15) is 11.1 Å². The van der Waals surface area contributed by atoms with Crippen molar-refractivity contribution in [2.75, 3.05) is 7.11 Å². The molecule has 0 spiro atoms. The van der Waals surface area contributed by atoms with E-state index in [1.165, 1.54) is 17.8 Å². The molecule has 0 radical (unpaired) electrons. The molecule has 0 fully saturated rings. The summed E-state index contributed by atoms with van der Waals surface area (Å²) in [6.07, 6.45) is 0. The van der Waals surface area contributed by atoms with E-state index in [0.717, 1.165) is 22.9 Å². The van der Waals surface area contributed by atoms with Crippen molar-refractivity contribution in [1.29, 1.82) is 0 Å². The van der Waals surface area contributed by atoms with Crippen LogP contribution in [0.4, 0.5) is 8.78 Å². The number of methoxy groups -OCH3 is 1. The van der Waals surface area contributed by atoms with Gasteiger partial charge in [-0.05, 0) is 37.3 Å². The van der Waals surface area contributed by atoms with Gasteiger partial charge in [-0.1, -0.05) is 53.7 Å². The zero-order valence-corrected chi connectivity index (χ0v) is 17.3. The maximum atomic E-state index is 14.1. The number of hydrogen-bond acceptors (Lipinski definition) is 4. The first-order chi connectivity index (χ1) is 14.6. The Balaban J connectivity index is 1.75. The summed E-state index contributed by atoms with van der Waals surface area (Å²) in [6.45, 7) is 2.02. The molecule has 0 N–H and O–H groups in total. The summed E-state index contributed by atoms with van der Waals surface area (Å²) in [5.74, 6) is -0.113. The van der Waals surface area contributed by atoms with Crippen LogP contribution in [-0.2, 0) is 5.75 Å². The summed E-state index contributed by atoms with van der Waals surface area (Å²) in [5, 5.41) is 9.30. The highest BCUT2D eigenvalue weighted by molar-refractivity contribution is 7.98. The number of nitrogens with zero attached hydrogens (tertiary/aromatic N) is 3. The van der Waals surface area contributed by atoms with Crippen molar-refractivity contribution in [2.24, 2.45) is 0 Å². The van der Waals surface area contributed by atoms with Gasteiger partial charge < -0.3 is 4.74 Å². The molecule has 30 heavy (non-hydrogen) atoms. The number of hydrogen-bond donors (Lipinski definition) is 0. The number of thioether (sulfide) groups is 1. The van der Waals surface area contributed by atoms with Crippen LogP contribution >= 0.6 is 11.8 Å². The summed E-state index contributed by atoms with van der Waals surface area (Å²) in [4.78, 5) is 0. The van der Waals surface area contributed by atoms with Gasteiger partial charge in [0.05, 0.1) is 7.11 Å². The van der Waals surface area contributed by atoms with Crippen molar-refractivity contribution in [3.8, 4) is 22.8 Å². The first-order valence-corrected chi connectivity index (χ1v) is 10.3. The summed E-state index contributed by atoms with van der Waals surface area (Å²) in [6, 6.07) is 19.7. The summed E-state index contributed by atoms with van der Waals surface area (Å²) in [7, 11) is 1.61. The van der Waals surface area contributed by atoms with E-state index in [1.807, 2.05) is 60.0 Å². The second-order valence-electron chi connectivity index (χ2n) is 6.71. The lowest BCUT2D eigenvalue weighted by atomic mass is 10.2. The van der Waals surface area contributed by atoms with Crippen molar-refractivity contribution < 1.29 is 13.5 Å². The normalized spacial score (nSPS) is 10.9. The molecule has 0 saturated carbocycles. The quantitative estimate of drug-likeness (QED) is 0.366. The first kappa shape index (κ1) is 20.1. The molecule has 0 saturated heterocycles. The molecule has 4 rings (SSSR count). The Hall–Kier alpha value is -3.19. The topological polar surface area (TPSA) is 39.9 Å². The van der Waals surface area contributed by atoms with Gasteiger partial charge >= 0.3 is 0 Å². The maximum absolute atomic E-state index is 14.1. The largest absolute Gasteiger partial charge is 0.497 e. The highest BCUT2D eigenvalue weighted by atomic mass is 32.2. The third kappa shape index (κ3) is 4.07. The van der Waals surface area contributed by atoms with Gasteiger partial charge in [0.25, 0.3) is 0 Å². The Labute approximate surface area is 177 Å². The van der Waals surface area contributed by atoms with E-state index in [4.69, 9.17) is 4.74 Å². The van der Waals surface area contributed by atoms with Gasteiger partial charge in [0.15, 0.2) is 22.6 Å². The first-order valence-electron chi connectivity index (χ1n) is 9.29. The summed E-state index contributed by atoms with van der Waals surface area (Å²) >= 11 is 1.30. The van der Waals surface area contributed by atoms with Crippen LogP contribution in [-0.4, -0.2) is 21.9 Å². The molecule has 0 aliphatic heterocycles. The van der Waals surface area contributed by atoms with E-state index in [1.54, 1.807) is 13.2 Å². The van der Waals surface area contributed by atoms with Gasteiger partial charge in [0, 0.05) is 22.6 Å². The van der Waals surface area contributed by atoms with Gasteiger partial charge in [-0.3, -0.25) is 4.57 Å². The highest BCUT2D eigenvalue weighted by Crippen LogP contribution is 2.31. The van der Waals surface area contributed by atoms with Crippen LogP contribution in [0.25, 0.3) is 17.1 Å². The van der Waals surface area contributed by atoms with Gasteiger partial charge in [0.1, 0.15) is 5.75 Å². The highest BCUT2D eigenvalue weighted by Gasteiger charge is 2.18. The van der Waals surface area contributed by atoms with Crippen molar-refractivity contribution in [1.82, 2.24) is 14.8 Å². The molecule has 3 aromatic carbocycles. The number of halogens is 2. The lowest BCUT2D eigenvalue weighted by Crippen LogP contribution is -2.00. The molecule has 0 aliphatic carbocycles. The van der Waals surface area contributed by atoms with E-state index >= 15 is 0 Å². The van der Waals surface area contributed by atoms with Crippen molar-refractivity contribution in [2.45, 2.75) is 17.8 Å². The monoisotopic (exact) mass is 423 g/mol. The Kier molecular flexibility index (Phi) is 5.81. The second kappa shape index (κ2) is 8.67. The third-order valence-electron chi connectivity index (χ3n) is 4.64. The predicted molar refractivity (Wildman–Crippen MR) is 114 cm³/mol. The average Bonchev–Trinajstić information content (AvgIpc) is 3.19. The van der Waals surface area contributed by atoms with Crippen molar-refractivity contribution >= 4 is 11.8 Å². The lowest BCUT2D eigenvalue weighted by Gasteiger charge is -2.11. The molecule has 4 nitrogen and oxygen atoms in total. The number of aryl methyl sites for hydroxylation is 1. The van der Waals surface area contributed by atoms with E-state index in [0.29, 0.717) is 16.7 Å². The average molecular weight is 423 g/mol. The van der Waals surface area contributed by atoms with Crippen LogP contribution in [0.5, 0.6) is 5.75 Å². The van der Waals surface area contributed by atoms with Gasteiger partial charge in [-0.25, -0.2) is 8.78 Å². The molecule has 0 bridgehead atoms. The van der Waals surface area contributed by atoms with E-state index in [9.17, 15) is 8.78 Å². The van der Waals surface area contributed by atoms with Gasteiger partial charge in [-0.15, -0.1) is 10.2 Å². The van der Waals surface area contributed by atoms with E-state index < -0.39 is 11.6 Å². The van der Waals surface area contributed by atoms with Gasteiger partial charge in [-0.2, -0.15) is 0 Å². The van der Waals surface area contributed by atoms with Crippen molar-refractivity contribution in [3.05, 3.63) is 89.5 Å². The minimum Gasteiger partial charge on any atom is -0.497 e. The zero-order chi connectivity index (χ0) is 21.1. The maximum Gasteiger partial charge on any atom is 0.196 e. The van der Waals surface area contributed by atoms with E-state index in [-0.39, 0.29) is 11.3 Å². The van der Waals surface area contributed by atoms with Crippen LogP contribution in [0, 0.1) is 18.6 Å². The Morgan fingerprint density at radius 1 is 0.967 bits per heavy atom. The van der Waals surface area contributed by atoms with Crippen molar-refractivity contribution in [3.63, 3.8) is 0 Å². The van der Waals surface area contributed by atoms with Crippen LogP contribution in [0.15, 0.2) is 71.9 Å². The second-order valence-corrected chi connectivity index (χ2v) is 7.65. The fraction of sp³-hybridized carbons (Fsp3) is 0.130. The summed E-state index contributed by atoms with van der Waals surface area (Å²) < 4.78 is 34.9. The minimum absolute atomic E-state index is 0.228. The Morgan fingerprint density at radius 2 is 1.73 bits per heavy atom. The third-order valence-corrected chi connectivity index (χ3v) is 5.62. The smallest absolute Gasteiger partial charge is 0.196 e. The lowest BCUT2D eigenvalue weighted by molar-refractivity contribution is 0.415. The Bertz CT molecular complexity index is 1180. The molecule has 0 aliphatic rings. The molecule has 152 valence electrons. The van der Waals surface area contributed by atoms with E-state index in [2.05, 4.69) is 10.2 Å². The number of aromatic nitrogens is 3. The fourth-order valence-corrected chi connectivity index (χ4v) is 3.97. The summed E-state index contributed by atoms with van der Waals surface area (Å²) in [5.41, 5.74) is 3.13. The number of ether oxygens (including phenoxy) is 1. The zero-order valence-electron chi connectivity index (χ0n) is 16.5. The SMILES string of the molecule is COc1cccc(-c2nnc(SCc3cccc(F)c3F)n2-c2ccc(C)cc2)c1. The molecular weight excluding hydrogens is 404 g/mol. The van der Waals surface area contributed by atoms with Crippen LogP contribution in [0.3, 0.4) is 0 Å². The predicted octanol–water partition coefficient (Wildman–Crippen LogP) is 5.82. The standard InChI is InChI=1S/C23H19F2N3OS/c1-15-9-11-18(12-10-15)28-22(16-5-3-7-19(13-16)29-2)26-27-23(28)30-14-17-6-4-8-20(24)21(17)25/h3-13H,14H2,1-2H3. The van der Waals surface area contributed by atoms with Crippen LogP contribution < -0.4 is 4.74 Å². The molecule has 7 heteroatoms. The molecule has 4 aromatic rings. The number of rotatable bonds is 6. The Morgan fingerprint density at radius 3 is 2.50 bits per heavy atom.